The van der Waals surface area contributed by atoms with E-state index in [1.54, 1.807) is 29.6 Å². The predicted molar refractivity (Wildman–Crippen MR) is 85.9 cm³/mol. The van der Waals surface area contributed by atoms with Gasteiger partial charge in [-0.3, -0.25) is 9.59 Å². The summed E-state index contributed by atoms with van der Waals surface area (Å²) in [5.41, 5.74) is 5.73. The van der Waals surface area contributed by atoms with Crippen molar-refractivity contribution < 1.29 is 19.1 Å². The van der Waals surface area contributed by atoms with Crippen LogP contribution in [0.4, 0.5) is 5.00 Å². The second-order valence-corrected chi connectivity index (χ2v) is 5.99. The number of benzene rings is 1. The Bertz CT molecular complexity index is 712. The molecule has 2 aromatic rings. The highest BCUT2D eigenvalue weighted by atomic mass is 79.9. The maximum absolute atomic E-state index is 11.7. The van der Waals surface area contributed by atoms with Crippen molar-refractivity contribution in [2.45, 2.75) is 0 Å². The van der Waals surface area contributed by atoms with Gasteiger partial charge in [-0.15, -0.1) is 11.3 Å². The van der Waals surface area contributed by atoms with E-state index in [9.17, 15) is 14.4 Å². The van der Waals surface area contributed by atoms with Gasteiger partial charge >= 0.3 is 5.97 Å². The van der Waals surface area contributed by atoms with E-state index in [0.29, 0.717) is 10.6 Å². The molecule has 2 amide bonds. The lowest BCUT2D eigenvalue weighted by molar-refractivity contribution is -0.119. The lowest BCUT2D eigenvalue weighted by Crippen LogP contribution is -2.22. The third-order valence-electron chi connectivity index (χ3n) is 2.60. The van der Waals surface area contributed by atoms with Crippen LogP contribution in [0.1, 0.15) is 20.7 Å². The number of thiophene rings is 1. The van der Waals surface area contributed by atoms with Gasteiger partial charge in [-0.2, -0.15) is 0 Å². The minimum atomic E-state index is -0.636. The number of nitrogens with two attached hydrogens (primary N) is 1. The molecule has 0 unspecified atom stereocenters. The second kappa shape index (κ2) is 7.19. The largest absolute Gasteiger partial charge is 0.452 e. The molecule has 0 fully saturated rings. The van der Waals surface area contributed by atoms with Crippen molar-refractivity contribution >= 4 is 50.1 Å². The number of carbonyl (C=O) groups is 3. The topological polar surface area (TPSA) is 98.5 Å². The summed E-state index contributed by atoms with van der Waals surface area (Å²) in [6, 6.07) is 8.06. The Morgan fingerprint density at radius 3 is 2.50 bits per heavy atom. The van der Waals surface area contributed by atoms with Crippen molar-refractivity contribution in [2.75, 3.05) is 11.9 Å². The number of carbonyl (C=O) groups excluding carboxylic acids is 3. The van der Waals surface area contributed by atoms with Crippen LogP contribution in [-0.2, 0) is 9.53 Å². The fraction of sp³-hybridized carbons (Fsp3) is 0.0714. The monoisotopic (exact) mass is 382 g/mol. The average Bonchev–Trinajstić information content (AvgIpc) is 2.94. The molecule has 0 saturated heterocycles. The summed E-state index contributed by atoms with van der Waals surface area (Å²) >= 11 is 4.42. The molecule has 2 rings (SSSR count). The standard InChI is InChI=1S/C14H11BrN2O4S/c15-9-3-1-8(2-4-9)14(20)21-7-11(18)17-13-10(12(16)19)5-6-22-13/h1-6H,7H2,(H2,16,19)(H,17,18). The molecule has 3 N–H and O–H groups in total. The number of esters is 1. The third-order valence-corrected chi connectivity index (χ3v) is 3.96. The molecule has 0 atom stereocenters. The molecule has 22 heavy (non-hydrogen) atoms. The van der Waals surface area contributed by atoms with E-state index < -0.39 is 24.4 Å². The number of ether oxygens (including phenoxy) is 1. The summed E-state index contributed by atoms with van der Waals surface area (Å²) in [5.74, 6) is -1.79. The Labute approximate surface area is 138 Å². The number of hydrogen-bond donors (Lipinski definition) is 2. The number of hydrogen-bond acceptors (Lipinski definition) is 5. The molecule has 1 aromatic carbocycles. The van der Waals surface area contributed by atoms with E-state index >= 15 is 0 Å². The first kappa shape index (κ1) is 16.2. The molecular weight excluding hydrogens is 372 g/mol. The van der Waals surface area contributed by atoms with E-state index in [2.05, 4.69) is 21.2 Å². The Morgan fingerprint density at radius 1 is 1.18 bits per heavy atom. The fourth-order valence-electron chi connectivity index (χ4n) is 1.56. The molecule has 1 aromatic heterocycles. The number of amides is 2. The first-order valence-electron chi connectivity index (χ1n) is 6.07. The highest BCUT2D eigenvalue weighted by molar-refractivity contribution is 9.10. The van der Waals surface area contributed by atoms with Gasteiger partial charge in [0.15, 0.2) is 6.61 Å². The van der Waals surface area contributed by atoms with Gasteiger partial charge < -0.3 is 15.8 Å². The summed E-state index contributed by atoms with van der Waals surface area (Å²) in [7, 11) is 0. The van der Waals surface area contributed by atoms with Gasteiger partial charge in [-0.05, 0) is 35.7 Å². The summed E-state index contributed by atoms with van der Waals surface area (Å²) in [6.07, 6.45) is 0. The molecule has 0 saturated carbocycles. The van der Waals surface area contributed by atoms with Crippen LogP contribution in [0.5, 0.6) is 0 Å². The highest BCUT2D eigenvalue weighted by Crippen LogP contribution is 2.22. The summed E-state index contributed by atoms with van der Waals surface area (Å²) in [4.78, 5) is 34.6. The second-order valence-electron chi connectivity index (χ2n) is 4.16. The first-order chi connectivity index (χ1) is 10.5. The fourth-order valence-corrected chi connectivity index (χ4v) is 2.64. The molecule has 0 bridgehead atoms. The van der Waals surface area contributed by atoms with E-state index in [1.165, 1.54) is 6.07 Å². The summed E-state index contributed by atoms with van der Waals surface area (Å²) in [5, 5.41) is 4.44. The molecule has 6 nitrogen and oxygen atoms in total. The van der Waals surface area contributed by atoms with Crippen LogP contribution in [0.15, 0.2) is 40.2 Å². The molecule has 1 heterocycles. The molecule has 0 aliphatic heterocycles. The van der Waals surface area contributed by atoms with Gasteiger partial charge in [-0.1, -0.05) is 15.9 Å². The molecule has 114 valence electrons. The molecular formula is C14H11BrN2O4S. The highest BCUT2D eigenvalue weighted by Gasteiger charge is 2.14. The minimum Gasteiger partial charge on any atom is -0.452 e. The minimum absolute atomic E-state index is 0.220. The van der Waals surface area contributed by atoms with Gasteiger partial charge in [0.1, 0.15) is 5.00 Å². The lowest BCUT2D eigenvalue weighted by Gasteiger charge is -2.06. The Hall–Kier alpha value is -2.19. The Kier molecular flexibility index (Phi) is 5.29. The van der Waals surface area contributed by atoms with Crippen LogP contribution in [0.2, 0.25) is 0 Å². The van der Waals surface area contributed by atoms with Crippen molar-refractivity contribution in [2.24, 2.45) is 5.73 Å². The van der Waals surface area contributed by atoms with Crippen molar-refractivity contribution in [3.63, 3.8) is 0 Å². The van der Waals surface area contributed by atoms with E-state index in [0.717, 1.165) is 15.8 Å². The number of nitrogens with one attached hydrogen (secondary N) is 1. The zero-order valence-corrected chi connectivity index (χ0v) is 13.6. The van der Waals surface area contributed by atoms with Crippen LogP contribution in [0.25, 0.3) is 0 Å². The smallest absolute Gasteiger partial charge is 0.338 e. The molecule has 0 aliphatic rings. The molecule has 0 spiro atoms. The van der Waals surface area contributed by atoms with Crippen molar-refractivity contribution in [3.05, 3.63) is 51.3 Å². The van der Waals surface area contributed by atoms with Gasteiger partial charge in [0.25, 0.3) is 11.8 Å². The van der Waals surface area contributed by atoms with E-state index in [-0.39, 0.29) is 5.56 Å². The quantitative estimate of drug-likeness (QED) is 0.775. The van der Waals surface area contributed by atoms with E-state index in [1.807, 2.05) is 0 Å². The molecule has 0 radical (unpaired) electrons. The summed E-state index contributed by atoms with van der Waals surface area (Å²) < 4.78 is 5.73. The van der Waals surface area contributed by atoms with Crippen molar-refractivity contribution in [1.29, 1.82) is 0 Å². The molecule has 8 heteroatoms. The average molecular weight is 383 g/mol. The predicted octanol–water partition coefficient (Wildman–Crippen LogP) is 2.41. The number of halogens is 1. The van der Waals surface area contributed by atoms with Crippen molar-refractivity contribution in [1.82, 2.24) is 0 Å². The SMILES string of the molecule is NC(=O)c1ccsc1NC(=O)COC(=O)c1ccc(Br)cc1. The van der Waals surface area contributed by atoms with Crippen LogP contribution >= 0.6 is 27.3 Å². The van der Waals surface area contributed by atoms with Crippen molar-refractivity contribution in [3.8, 4) is 0 Å². The van der Waals surface area contributed by atoms with Crippen LogP contribution in [0, 0.1) is 0 Å². The van der Waals surface area contributed by atoms with Gasteiger partial charge in [0, 0.05) is 4.47 Å². The number of anilines is 1. The zero-order valence-electron chi connectivity index (χ0n) is 11.2. The lowest BCUT2D eigenvalue weighted by atomic mass is 10.2. The van der Waals surface area contributed by atoms with Gasteiger partial charge in [0.05, 0.1) is 11.1 Å². The molecule has 0 aliphatic carbocycles. The summed E-state index contributed by atoms with van der Waals surface area (Å²) in [6.45, 7) is -0.453. The number of rotatable bonds is 5. The van der Waals surface area contributed by atoms with E-state index in [4.69, 9.17) is 10.5 Å². The maximum atomic E-state index is 11.7. The Morgan fingerprint density at radius 2 is 1.86 bits per heavy atom. The normalized spacial score (nSPS) is 10.0. The van der Waals surface area contributed by atoms with Crippen LogP contribution in [0.3, 0.4) is 0 Å². The van der Waals surface area contributed by atoms with Crippen LogP contribution in [-0.4, -0.2) is 24.4 Å². The first-order valence-corrected chi connectivity index (χ1v) is 7.74. The van der Waals surface area contributed by atoms with Crippen LogP contribution < -0.4 is 11.1 Å². The third kappa shape index (κ3) is 4.15. The number of primary amides is 1. The van der Waals surface area contributed by atoms with Gasteiger partial charge in [-0.25, -0.2) is 4.79 Å². The van der Waals surface area contributed by atoms with Gasteiger partial charge in [0.2, 0.25) is 0 Å². The maximum Gasteiger partial charge on any atom is 0.338 e. The Balaban J connectivity index is 1.90. The zero-order chi connectivity index (χ0) is 16.1.